The molecular formula is C41H49N21O7. The molecule has 1 aromatic heterocycles. The molecule has 6 amide bonds. The lowest BCUT2D eigenvalue weighted by Crippen LogP contribution is -2.68. The van der Waals surface area contributed by atoms with Crippen molar-refractivity contribution >= 4 is 86.8 Å². The highest BCUT2D eigenvalue weighted by Crippen LogP contribution is 2.30. The van der Waals surface area contributed by atoms with Gasteiger partial charge in [-0.15, -0.1) is 0 Å². The molecule has 0 aliphatic rings. The van der Waals surface area contributed by atoms with Crippen LogP contribution >= 0.6 is 0 Å². The van der Waals surface area contributed by atoms with Gasteiger partial charge in [-0.05, 0) is 44.8 Å². The fourth-order valence-corrected chi connectivity index (χ4v) is 6.66. The van der Waals surface area contributed by atoms with E-state index in [1.807, 2.05) is 59.9 Å². The van der Waals surface area contributed by atoms with Crippen LogP contribution in [-0.2, 0) is 35.3 Å². The van der Waals surface area contributed by atoms with Crippen LogP contribution in [0.2, 0.25) is 0 Å². The molecule has 0 spiro atoms. The van der Waals surface area contributed by atoms with Crippen LogP contribution in [-0.4, -0.2) is 105 Å². The number of nitrogens with one attached hydrogen (secondary N) is 13. The minimum Gasteiger partial charge on any atom is -0.370 e. The Bertz CT molecular complexity index is 2760. The number of aromatic nitrogens is 2. The molecule has 4 aromatic carbocycles. The van der Waals surface area contributed by atoms with Gasteiger partial charge in [-0.2, -0.15) is 0 Å². The number of hydrogen-bond donors (Lipinski definition) is 19. The first-order chi connectivity index (χ1) is 32.8. The predicted octanol–water partition coefficient (Wildman–Crippen LogP) is -4.85. The summed E-state index contributed by atoms with van der Waals surface area (Å²) in [7, 11) is 0. The number of aliphatic hydroxyl groups is 1. The van der Waals surface area contributed by atoms with E-state index in [9.17, 15) is 33.9 Å². The second-order valence-electron chi connectivity index (χ2n) is 14.6. The summed E-state index contributed by atoms with van der Waals surface area (Å²) in [5.74, 6) is -10.9. The summed E-state index contributed by atoms with van der Waals surface area (Å²) < 4.78 is 0. The second kappa shape index (κ2) is 22.9. The van der Waals surface area contributed by atoms with E-state index in [0.717, 1.165) is 21.5 Å². The van der Waals surface area contributed by atoms with Gasteiger partial charge in [0.2, 0.25) is 18.1 Å². The molecule has 0 saturated heterocycles. The normalized spacial score (nSPS) is 13.3. The van der Waals surface area contributed by atoms with Crippen molar-refractivity contribution in [2.75, 3.05) is 4.90 Å². The van der Waals surface area contributed by atoms with Crippen molar-refractivity contribution < 1.29 is 33.9 Å². The molecule has 1 heterocycles. The smallest absolute Gasteiger partial charge is 0.271 e. The van der Waals surface area contributed by atoms with Gasteiger partial charge in [-0.25, -0.2) is 9.97 Å². The maximum atomic E-state index is 14.3. The van der Waals surface area contributed by atoms with Crippen LogP contribution in [0, 0.1) is 21.6 Å². The first-order valence-corrected chi connectivity index (χ1v) is 20.2. The number of nitrogens with two attached hydrogens (primary N) is 5. The molecule has 5 aromatic rings. The van der Waals surface area contributed by atoms with Gasteiger partial charge in [0.1, 0.15) is 6.04 Å². The van der Waals surface area contributed by atoms with Crippen molar-refractivity contribution in [3.63, 3.8) is 0 Å². The third kappa shape index (κ3) is 13.6. The number of guanidine groups is 4. The molecule has 0 radical (unpaired) electrons. The van der Waals surface area contributed by atoms with Crippen LogP contribution in [0.15, 0.2) is 103 Å². The quantitative estimate of drug-likeness (QED) is 0.0151. The van der Waals surface area contributed by atoms with Gasteiger partial charge >= 0.3 is 0 Å². The molecule has 28 heteroatoms. The summed E-state index contributed by atoms with van der Waals surface area (Å²) in [6, 6.07) is 24.7. The van der Waals surface area contributed by atoms with E-state index in [1.165, 1.54) is 29.4 Å². The van der Waals surface area contributed by atoms with Crippen molar-refractivity contribution in [3.8, 4) is 0 Å². The number of rotatable bonds is 20. The lowest BCUT2D eigenvalue weighted by Gasteiger charge is -2.30. The molecule has 0 aliphatic carbocycles. The predicted molar refractivity (Wildman–Crippen MR) is 250 cm³/mol. The van der Waals surface area contributed by atoms with E-state index in [4.69, 9.17) is 50.3 Å². The second-order valence-corrected chi connectivity index (χ2v) is 14.6. The summed E-state index contributed by atoms with van der Waals surface area (Å²) in [4.78, 5) is 90.6. The summed E-state index contributed by atoms with van der Waals surface area (Å²) in [5, 5.41) is 65.4. The molecule has 24 N–H and O–H groups in total. The minimum absolute atomic E-state index is 0.0397. The van der Waals surface area contributed by atoms with Crippen molar-refractivity contribution in [3.05, 3.63) is 115 Å². The zero-order valence-corrected chi connectivity index (χ0v) is 36.1. The summed E-state index contributed by atoms with van der Waals surface area (Å²) in [5.41, 5.74) is 27.7. The Hall–Kier alpha value is -9.86. The summed E-state index contributed by atoms with van der Waals surface area (Å²) >= 11 is 0. The van der Waals surface area contributed by atoms with Crippen LogP contribution in [0.1, 0.15) is 17.2 Å². The maximum Gasteiger partial charge on any atom is 0.271 e. The maximum absolute atomic E-state index is 14.3. The zero-order chi connectivity index (χ0) is 50.4. The highest BCUT2D eigenvalue weighted by atomic mass is 16.3. The number of fused-ring (bicyclic) bond motifs is 3. The summed E-state index contributed by atoms with van der Waals surface area (Å²) in [6.45, 7) is -0.0961. The third-order valence-corrected chi connectivity index (χ3v) is 9.63. The van der Waals surface area contributed by atoms with Crippen molar-refractivity contribution in [1.29, 1.82) is 21.6 Å². The molecule has 6 unspecified atom stereocenters. The Morgan fingerprint density at radius 2 is 0.942 bits per heavy atom. The SMILES string of the molecule is N=C(N)NC(NC(=O)C(NC(=N)N)NC(=O)C(NC(=N)N)NC(=O)C(NC(=N)N)NC(=O)C(NC(=O)C(O)N(Cc1cc2ccccc2c2ccccc12)c1ncccn1)c1ccccc1)C(N)=O. The van der Waals surface area contributed by atoms with E-state index in [0.29, 0.717) is 5.56 Å². The number of amides is 6. The highest BCUT2D eigenvalue weighted by Gasteiger charge is 2.35. The van der Waals surface area contributed by atoms with Crippen LogP contribution in [0.25, 0.3) is 21.5 Å². The standard InChI is InChI=1S/C41H49N21O7/c42-26(63)27(58-37(43)44)54-32(65)29(60-39(47)48)56-34(67)30(61-40(49)50)57-33(66)28(59-38(45)46)55-31(64)25(19-9-2-1-3-10-19)53-35(68)36(69)62(41-51-15-8-16-52-41)18-21-17-20-11-4-5-12-22(20)24-14-7-6-13-23(21)24/h1-17,25,27-30,36,69H,18H2,(H2,42,63)(H,53,68)(H,54,65)(H,55,64)(H,56,67)(H,57,66)(H4,43,44,58)(H4,45,46,59)(H4,47,48,60)(H4,49,50,61). The van der Waals surface area contributed by atoms with Gasteiger partial charge in [0, 0.05) is 18.9 Å². The number of nitrogens with zero attached hydrogens (tertiary/aromatic N) is 3. The van der Waals surface area contributed by atoms with Crippen molar-refractivity contribution in [2.45, 2.75) is 43.5 Å². The summed E-state index contributed by atoms with van der Waals surface area (Å²) in [6.07, 6.45) is -7.13. The largest absolute Gasteiger partial charge is 0.370 e. The van der Waals surface area contributed by atoms with Gasteiger partial charge < -0.3 is 86.5 Å². The van der Waals surface area contributed by atoms with Gasteiger partial charge in [-0.1, -0.05) is 78.9 Å². The van der Waals surface area contributed by atoms with Crippen molar-refractivity contribution in [2.24, 2.45) is 28.7 Å². The van der Waals surface area contributed by atoms with E-state index >= 15 is 0 Å². The fourth-order valence-electron chi connectivity index (χ4n) is 6.66. The lowest BCUT2D eigenvalue weighted by atomic mass is 9.97. The van der Waals surface area contributed by atoms with Crippen LogP contribution < -0.4 is 81.4 Å². The number of carbonyl (C=O) groups is 6. The number of anilines is 1. The van der Waals surface area contributed by atoms with E-state index in [1.54, 1.807) is 24.3 Å². The molecule has 360 valence electrons. The molecule has 0 aliphatic heterocycles. The Kier molecular flexibility index (Phi) is 16.6. The van der Waals surface area contributed by atoms with Gasteiger partial charge in [0.15, 0.2) is 48.5 Å². The molecule has 6 atom stereocenters. The molecular weight excluding hydrogens is 899 g/mol. The first-order valence-electron chi connectivity index (χ1n) is 20.2. The average Bonchev–Trinajstić information content (AvgIpc) is 3.31. The Morgan fingerprint density at radius 1 is 0.507 bits per heavy atom. The molecule has 0 saturated carbocycles. The van der Waals surface area contributed by atoms with E-state index in [2.05, 4.69) is 52.5 Å². The number of carbonyl (C=O) groups excluding carboxylic acids is 6. The molecule has 28 nitrogen and oxygen atoms in total. The minimum atomic E-state index is -2.08. The third-order valence-electron chi connectivity index (χ3n) is 9.63. The Balaban J connectivity index is 1.40. The number of hydrogen-bond acceptors (Lipinski definition) is 14. The van der Waals surface area contributed by atoms with Crippen LogP contribution in [0.5, 0.6) is 0 Å². The molecule has 69 heavy (non-hydrogen) atoms. The number of benzene rings is 4. The Labute approximate surface area is 390 Å². The first kappa shape index (κ1) is 50.1. The number of primary amides is 1. The highest BCUT2D eigenvalue weighted by molar-refractivity contribution is 6.09. The fraction of sp³-hybridized carbons (Fsp3) is 0.171. The lowest BCUT2D eigenvalue weighted by molar-refractivity contribution is -0.136. The van der Waals surface area contributed by atoms with Crippen LogP contribution in [0.4, 0.5) is 5.95 Å². The van der Waals surface area contributed by atoms with Gasteiger partial charge in [0.25, 0.3) is 29.5 Å². The monoisotopic (exact) mass is 947 g/mol. The van der Waals surface area contributed by atoms with Crippen molar-refractivity contribution in [1.82, 2.24) is 57.8 Å². The van der Waals surface area contributed by atoms with Crippen LogP contribution in [0.3, 0.4) is 0 Å². The average molecular weight is 948 g/mol. The molecule has 0 bridgehead atoms. The topological polar surface area (TPSA) is 485 Å². The zero-order valence-electron chi connectivity index (χ0n) is 36.1. The number of aliphatic hydroxyl groups excluding tert-OH is 1. The van der Waals surface area contributed by atoms with E-state index in [-0.39, 0.29) is 18.1 Å². The molecule has 5 rings (SSSR count). The molecule has 0 fully saturated rings. The Morgan fingerprint density at radius 3 is 1.45 bits per heavy atom. The van der Waals surface area contributed by atoms with Gasteiger partial charge in [0.05, 0.1) is 0 Å². The van der Waals surface area contributed by atoms with E-state index < -0.39 is 96.2 Å². The van der Waals surface area contributed by atoms with Gasteiger partial charge in [-0.3, -0.25) is 50.4 Å².